The third-order valence-corrected chi connectivity index (χ3v) is 8.95. The van der Waals surface area contributed by atoms with Crippen molar-refractivity contribution in [2.24, 2.45) is 0 Å². The first-order valence-corrected chi connectivity index (χ1v) is 12.9. The molecule has 1 unspecified atom stereocenters. The van der Waals surface area contributed by atoms with Gasteiger partial charge in [0.1, 0.15) is 11.3 Å². The Kier molecular flexibility index (Phi) is 6.57. The normalized spacial score (nSPS) is 18.8. The highest BCUT2D eigenvalue weighted by atomic mass is 35.5. The highest BCUT2D eigenvalue weighted by Gasteiger charge is 2.41. The molecule has 10 heteroatoms. The van der Waals surface area contributed by atoms with Gasteiger partial charge in [0, 0.05) is 37.8 Å². The van der Waals surface area contributed by atoms with E-state index in [9.17, 15) is 23.1 Å². The van der Waals surface area contributed by atoms with Crippen molar-refractivity contribution in [3.05, 3.63) is 44.7 Å². The van der Waals surface area contributed by atoms with Gasteiger partial charge in [-0.25, -0.2) is 13.2 Å². The molecule has 1 saturated carbocycles. The fourth-order valence-electron chi connectivity index (χ4n) is 4.54. The van der Waals surface area contributed by atoms with Crippen molar-refractivity contribution < 1.29 is 27.8 Å². The van der Waals surface area contributed by atoms with Gasteiger partial charge < -0.3 is 19.1 Å². The molecule has 8 nitrogen and oxygen atoms in total. The molecule has 178 valence electrons. The van der Waals surface area contributed by atoms with Crippen LogP contribution in [0.2, 0.25) is 5.02 Å². The van der Waals surface area contributed by atoms with Gasteiger partial charge in [-0.2, -0.15) is 0 Å². The van der Waals surface area contributed by atoms with E-state index in [1.54, 1.807) is 14.0 Å². The van der Waals surface area contributed by atoms with Crippen molar-refractivity contribution in [1.82, 2.24) is 4.57 Å². The molecule has 0 bridgehead atoms. The number of methoxy groups -OCH3 is 1. The molecule has 2 heterocycles. The second-order valence-corrected chi connectivity index (χ2v) is 10.8. The summed E-state index contributed by atoms with van der Waals surface area (Å²) in [4.78, 5) is 25.1. The minimum Gasteiger partial charge on any atom is -0.492 e. The number of aromatic nitrogens is 1. The number of carbonyl (C=O) groups is 1. The average molecular weight is 496 g/mol. The monoisotopic (exact) mass is 495 g/mol. The van der Waals surface area contributed by atoms with Crippen LogP contribution in [0, 0.1) is 0 Å². The summed E-state index contributed by atoms with van der Waals surface area (Å²) >= 11 is 6.47. The number of carboxylic acids is 1. The molecule has 1 atom stereocenters. The highest BCUT2D eigenvalue weighted by molar-refractivity contribution is 7.92. The number of sulfone groups is 1. The number of pyridine rings is 1. The molecule has 1 aliphatic carbocycles. The number of aromatic carboxylic acids is 1. The molecule has 1 aromatic heterocycles. The second kappa shape index (κ2) is 9.12. The molecule has 4 rings (SSSR count). The molecule has 2 aromatic rings. The topological polar surface area (TPSA) is 112 Å². The quantitative estimate of drug-likeness (QED) is 0.545. The first-order valence-electron chi connectivity index (χ1n) is 10.9. The smallest absolute Gasteiger partial charge is 0.341 e. The highest BCUT2D eigenvalue weighted by Crippen LogP contribution is 2.50. The SMILES string of the molecule is CCC1c2cc(C(=O)O)c(=O)n(C3CCC3)c2-c2cc(Cl)c(OCCCOC)cc2S1(=O)=O. The Labute approximate surface area is 197 Å². The van der Waals surface area contributed by atoms with Crippen molar-refractivity contribution in [2.45, 2.75) is 55.2 Å². The molecule has 2 aliphatic rings. The predicted molar refractivity (Wildman–Crippen MR) is 123 cm³/mol. The van der Waals surface area contributed by atoms with Crippen LogP contribution in [0.15, 0.2) is 27.9 Å². The van der Waals surface area contributed by atoms with Crippen LogP contribution in [0.25, 0.3) is 11.3 Å². The first kappa shape index (κ1) is 23.8. The van der Waals surface area contributed by atoms with Gasteiger partial charge in [-0.3, -0.25) is 4.79 Å². The maximum Gasteiger partial charge on any atom is 0.341 e. The van der Waals surface area contributed by atoms with Crippen molar-refractivity contribution in [3.8, 4) is 17.0 Å². The Morgan fingerprint density at radius 3 is 2.55 bits per heavy atom. The zero-order chi connectivity index (χ0) is 23.9. The van der Waals surface area contributed by atoms with E-state index in [2.05, 4.69) is 0 Å². The van der Waals surface area contributed by atoms with E-state index < -0.39 is 32.2 Å². The van der Waals surface area contributed by atoms with Gasteiger partial charge in [0.05, 0.1) is 27.5 Å². The van der Waals surface area contributed by atoms with Crippen molar-refractivity contribution in [2.75, 3.05) is 20.3 Å². The van der Waals surface area contributed by atoms with Crippen molar-refractivity contribution in [1.29, 1.82) is 0 Å². The van der Waals surface area contributed by atoms with Crippen LogP contribution in [-0.2, 0) is 14.6 Å². The fourth-order valence-corrected chi connectivity index (χ4v) is 6.76. The lowest BCUT2D eigenvalue weighted by molar-refractivity contribution is 0.0693. The molecule has 0 radical (unpaired) electrons. The molecule has 0 amide bonds. The Morgan fingerprint density at radius 1 is 1.24 bits per heavy atom. The van der Waals surface area contributed by atoms with Gasteiger partial charge in [-0.1, -0.05) is 18.5 Å². The molecule has 1 aromatic carbocycles. The van der Waals surface area contributed by atoms with Crippen LogP contribution in [0.5, 0.6) is 5.75 Å². The number of hydrogen-bond acceptors (Lipinski definition) is 6. The van der Waals surface area contributed by atoms with Crippen LogP contribution in [-0.4, -0.2) is 44.4 Å². The number of hydrogen-bond donors (Lipinski definition) is 1. The number of ether oxygens (including phenoxy) is 2. The zero-order valence-corrected chi connectivity index (χ0v) is 20.0. The third-order valence-electron chi connectivity index (χ3n) is 6.37. The minimum absolute atomic E-state index is 0.0449. The number of halogens is 1. The summed E-state index contributed by atoms with van der Waals surface area (Å²) < 4.78 is 39.4. The minimum atomic E-state index is -3.88. The number of fused-ring (bicyclic) bond motifs is 3. The van der Waals surface area contributed by atoms with E-state index in [1.165, 1.54) is 22.8 Å². The lowest BCUT2D eigenvalue weighted by atomic mass is 9.90. The van der Waals surface area contributed by atoms with E-state index in [4.69, 9.17) is 21.1 Å². The van der Waals surface area contributed by atoms with Gasteiger partial charge in [0.15, 0.2) is 9.84 Å². The number of rotatable bonds is 8. The first-order chi connectivity index (χ1) is 15.7. The van der Waals surface area contributed by atoms with E-state index in [1.807, 2.05) is 0 Å². The molecular formula is C23H26ClNO7S. The van der Waals surface area contributed by atoms with Crippen LogP contribution in [0.3, 0.4) is 0 Å². The number of carboxylic acid groups (broad SMARTS) is 1. The molecular weight excluding hydrogens is 470 g/mol. The molecule has 1 fully saturated rings. The Bertz CT molecular complexity index is 1260. The van der Waals surface area contributed by atoms with E-state index in [0.29, 0.717) is 36.5 Å². The number of benzene rings is 1. The van der Waals surface area contributed by atoms with Gasteiger partial charge >= 0.3 is 5.97 Å². The average Bonchev–Trinajstić information content (AvgIpc) is 2.72. The maximum atomic E-state index is 13.6. The summed E-state index contributed by atoms with van der Waals surface area (Å²) in [6, 6.07) is 3.99. The van der Waals surface area contributed by atoms with Gasteiger partial charge in [-0.05, 0) is 43.4 Å². The lowest BCUT2D eigenvalue weighted by Gasteiger charge is -2.36. The summed E-state index contributed by atoms with van der Waals surface area (Å²) in [6.45, 7) is 2.52. The van der Waals surface area contributed by atoms with Crippen LogP contribution >= 0.6 is 11.6 Å². The van der Waals surface area contributed by atoms with E-state index in [-0.39, 0.29) is 28.1 Å². The number of nitrogens with zero attached hydrogens (tertiary/aromatic N) is 1. The van der Waals surface area contributed by atoms with E-state index >= 15 is 0 Å². The Morgan fingerprint density at radius 2 is 1.97 bits per heavy atom. The summed E-state index contributed by atoms with van der Waals surface area (Å²) in [5, 5.41) is 8.88. The summed E-state index contributed by atoms with van der Waals surface area (Å²) in [5.41, 5.74) is 0.0480. The van der Waals surface area contributed by atoms with E-state index in [0.717, 1.165) is 19.3 Å². The molecule has 0 saturated heterocycles. The van der Waals surface area contributed by atoms with Gasteiger partial charge in [0.25, 0.3) is 5.56 Å². The van der Waals surface area contributed by atoms with Crippen LogP contribution in [0.4, 0.5) is 0 Å². The Balaban J connectivity index is 1.98. The van der Waals surface area contributed by atoms with Gasteiger partial charge in [-0.15, -0.1) is 0 Å². The van der Waals surface area contributed by atoms with Gasteiger partial charge in [0.2, 0.25) is 0 Å². The predicted octanol–water partition coefficient (Wildman–Crippen LogP) is 4.25. The second-order valence-electron chi connectivity index (χ2n) is 8.34. The Hall–Kier alpha value is -2.36. The summed E-state index contributed by atoms with van der Waals surface area (Å²) in [7, 11) is -2.30. The zero-order valence-electron chi connectivity index (χ0n) is 18.5. The molecule has 0 spiro atoms. The molecule has 1 aliphatic heterocycles. The third kappa shape index (κ3) is 3.96. The summed E-state index contributed by atoms with van der Waals surface area (Å²) in [6.07, 6.45) is 3.20. The van der Waals surface area contributed by atoms with Crippen molar-refractivity contribution >= 4 is 27.4 Å². The van der Waals surface area contributed by atoms with Crippen molar-refractivity contribution in [3.63, 3.8) is 0 Å². The largest absolute Gasteiger partial charge is 0.492 e. The fraction of sp³-hybridized carbons (Fsp3) is 0.478. The maximum absolute atomic E-state index is 13.6. The van der Waals surface area contributed by atoms with Crippen LogP contribution < -0.4 is 10.3 Å². The van der Waals surface area contributed by atoms with Crippen LogP contribution in [0.1, 0.15) is 66.2 Å². The lowest BCUT2D eigenvalue weighted by Crippen LogP contribution is -2.36. The standard InChI is InChI=1S/C23H26ClNO7S/c1-3-19-14-10-16(23(27)28)22(26)25(13-6-4-7-13)21(14)15-11-17(24)18(32-9-5-8-31-2)12-20(15)33(19,29)30/h10-13,19H,3-9H2,1-2H3,(H,27,28). The summed E-state index contributed by atoms with van der Waals surface area (Å²) in [5.74, 6) is -1.13. The molecule has 33 heavy (non-hydrogen) atoms. The molecule has 1 N–H and O–H groups in total.